The van der Waals surface area contributed by atoms with Gasteiger partial charge in [0.2, 0.25) is 0 Å². The van der Waals surface area contributed by atoms with Crippen LogP contribution in [0.1, 0.15) is 46.0 Å². The van der Waals surface area contributed by atoms with E-state index in [1.165, 1.54) is 0 Å². The van der Waals surface area contributed by atoms with Gasteiger partial charge in [-0.15, -0.1) is 0 Å². The lowest BCUT2D eigenvalue weighted by Gasteiger charge is -2.42. The van der Waals surface area contributed by atoms with E-state index < -0.39 is 9.84 Å². The van der Waals surface area contributed by atoms with Gasteiger partial charge in [-0.1, -0.05) is 20.3 Å². The maximum absolute atomic E-state index is 12.2. The second-order valence-corrected chi connectivity index (χ2v) is 7.88. The summed E-state index contributed by atoms with van der Waals surface area (Å²) in [4.78, 5) is 0. The van der Waals surface area contributed by atoms with Crippen LogP contribution in [0, 0.1) is 5.92 Å². The maximum Gasteiger partial charge on any atom is 0.154 e. The summed E-state index contributed by atoms with van der Waals surface area (Å²) in [6.45, 7) is 5.29. The average Bonchev–Trinajstić information content (AvgIpc) is 2.66. The lowest BCUT2D eigenvalue weighted by Crippen LogP contribution is -2.58. The Bertz CT molecular complexity index is 342. The Morgan fingerprint density at radius 1 is 1.25 bits per heavy atom. The van der Waals surface area contributed by atoms with Crippen LogP contribution in [-0.4, -0.2) is 31.5 Å². The summed E-state index contributed by atoms with van der Waals surface area (Å²) in [5, 5.41) is 3.37. The Kier molecular flexibility index (Phi) is 3.32. The molecule has 0 aliphatic carbocycles. The van der Waals surface area contributed by atoms with Gasteiger partial charge >= 0.3 is 0 Å². The molecule has 0 amide bonds. The molecule has 0 bridgehead atoms. The molecule has 0 radical (unpaired) electrons. The SMILES string of the molecule is CC(C)C1(C2CCCCS2(=O)=O)CCCN1. The molecule has 2 fully saturated rings. The Morgan fingerprint density at radius 3 is 2.50 bits per heavy atom. The molecule has 1 N–H and O–H groups in total. The van der Waals surface area contributed by atoms with Gasteiger partial charge in [0.15, 0.2) is 9.84 Å². The molecule has 2 heterocycles. The second-order valence-electron chi connectivity index (χ2n) is 5.58. The number of rotatable bonds is 2. The van der Waals surface area contributed by atoms with Crippen LogP contribution in [0.15, 0.2) is 0 Å². The third-order valence-corrected chi connectivity index (χ3v) is 6.79. The fourth-order valence-electron chi connectivity index (χ4n) is 3.46. The zero-order valence-corrected chi connectivity index (χ0v) is 11.1. The van der Waals surface area contributed by atoms with E-state index >= 15 is 0 Å². The molecule has 2 saturated heterocycles. The predicted molar refractivity (Wildman–Crippen MR) is 66.2 cm³/mol. The second kappa shape index (κ2) is 4.30. The molecular weight excluding hydrogens is 222 g/mol. The minimum Gasteiger partial charge on any atom is -0.310 e. The highest BCUT2D eigenvalue weighted by Gasteiger charge is 2.49. The standard InChI is InChI=1S/C12H23NO2S/c1-10(2)12(7-5-8-13-12)11-6-3-4-9-16(11,14)15/h10-11,13H,3-9H2,1-2H3. The number of hydrogen-bond donors (Lipinski definition) is 1. The molecule has 2 aliphatic rings. The molecule has 3 nitrogen and oxygen atoms in total. The molecule has 2 unspecified atom stereocenters. The number of nitrogens with one attached hydrogen (secondary N) is 1. The molecule has 0 aromatic heterocycles. The first-order valence-electron chi connectivity index (χ1n) is 6.46. The third kappa shape index (κ3) is 1.90. The lowest BCUT2D eigenvalue weighted by atomic mass is 9.80. The zero-order chi connectivity index (χ0) is 11.8. The summed E-state index contributed by atoms with van der Waals surface area (Å²) in [6.07, 6.45) is 4.92. The van der Waals surface area contributed by atoms with Crippen molar-refractivity contribution in [2.24, 2.45) is 5.92 Å². The van der Waals surface area contributed by atoms with Crippen molar-refractivity contribution < 1.29 is 8.42 Å². The van der Waals surface area contributed by atoms with Crippen molar-refractivity contribution in [1.82, 2.24) is 5.32 Å². The summed E-state index contributed by atoms with van der Waals surface area (Å²) in [5.74, 6) is 0.793. The first kappa shape index (κ1) is 12.4. The Balaban J connectivity index is 2.32. The fourth-order valence-corrected chi connectivity index (χ4v) is 5.99. The van der Waals surface area contributed by atoms with Crippen molar-refractivity contribution in [3.8, 4) is 0 Å². The van der Waals surface area contributed by atoms with Crippen LogP contribution in [0.4, 0.5) is 0 Å². The van der Waals surface area contributed by atoms with Crippen molar-refractivity contribution in [1.29, 1.82) is 0 Å². The monoisotopic (exact) mass is 245 g/mol. The van der Waals surface area contributed by atoms with Crippen LogP contribution in [0.3, 0.4) is 0 Å². The first-order valence-corrected chi connectivity index (χ1v) is 8.17. The lowest BCUT2D eigenvalue weighted by molar-refractivity contribution is 0.243. The van der Waals surface area contributed by atoms with Crippen molar-refractivity contribution in [2.45, 2.75) is 56.7 Å². The van der Waals surface area contributed by atoms with E-state index in [4.69, 9.17) is 0 Å². The molecular formula is C12H23NO2S. The number of sulfone groups is 1. The molecule has 16 heavy (non-hydrogen) atoms. The van der Waals surface area contributed by atoms with Crippen LogP contribution in [0.25, 0.3) is 0 Å². The van der Waals surface area contributed by atoms with Crippen LogP contribution < -0.4 is 5.32 Å². The van der Waals surface area contributed by atoms with Gasteiger partial charge in [-0.05, 0) is 38.1 Å². The van der Waals surface area contributed by atoms with Crippen molar-refractivity contribution in [3.63, 3.8) is 0 Å². The van der Waals surface area contributed by atoms with Crippen LogP contribution in [0.5, 0.6) is 0 Å². The Labute approximate surface area is 98.9 Å². The van der Waals surface area contributed by atoms with E-state index in [-0.39, 0.29) is 10.8 Å². The Hall–Kier alpha value is -0.0900. The molecule has 2 rings (SSSR count). The summed E-state index contributed by atoms with van der Waals surface area (Å²) in [7, 11) is -2.87. The summed E-state index contributed by atoms with van der Waals surface area (Å²) in [5.41, 5.74) is -0.140. The number of hydrogen-bond acceptors (Lipinski definition) is 3. The van der Waals surface area contributed by atoms with E-state index in [1.54, 1.807) is 0 Å². The topological polar surface area (TPSA) is 46.2 Å². The summed E-state index contributed by atoms with van der Waals surface area (Å²) >= 11 is 0. The maximum atomic E-state index is 12.2. The average molecular weight is 245 g/mol. The first-order chi connectivity index (χ1) is 7.49. The van der Waals surface area contributed by atoms with Gasteiger partial charge in [0.05, 0.1) is 11.0 Å². The van der Waals surface area contributed by atoms with Crippen LogP contribution in [-0.2, 0) is 9.84 Å². The van der Waals surface area contributed by atoms with Gasteiger partial charge in [-0.2, -0.15) is 0 Å². The molecule has 2 atom stereocenters. The van der Waals surface area contributed by atoms with Crippen molar-refractivity contribution in [3.05, 3.63) is 0 Å². The van der Waals surface area contributed by atoms with Crippen molar-refractivity contribution >= 4 is 9.84 Å². The molecule has 0 spiro atoms. The van der Waals surface area contributed by atoms with Crippen LogP contribution >= 0.6 is 0 Å². The van der Waals surface area contributed by atoms with E-state index in [0.717, 1.165) is 38.6 Å². The smallest absolute Gasteiger partial charge is 0.154 e. The third-order valence-electron chi connectivity index (χ3n) is 4.40. The van der Waals surface area contributed by atoms with Crippen LogP contribution in [0.2, 0.25) is 0 Å². The van der Waals surface area contributed by atoms with Gasteiger partial charge in [-0.3, -0.25) is 0 Å². The quantitative estimate of drug-likeness (QED) is 0.806. The highest BCUT2D eigenvalue weighted by Crippen LogP contribution is 2.39. The highest BCUT2D eigenvalue weighted by atomic mass is 32.2. The molecule has 94 valence electrons. The molecule has 4 heteroatoms. The van der Waals surface area contributed by atoms with E-state index in [0.29, 0.717) is 11.7 Å². The predicted octanol–water partition coefficient (Wildman–Crippen LogP) is 1.73. The van der Waals surface area contributed by atoms with E-state index in [9.17, 15) is 8.42 Å². The van der Waals surface area contributed by atoms with Gasteiger partial charge in [-0.25, -0.2) is 8.42 Å². The Morgan fingerprint density at radius 2 is 2.00 bits per heavy atom. The van der Waals surface area contributed by atoms with Crippen molar-refractivity contribution in [2.75, 3.05) is 12.3 Å². The van der Waals surface area contributed by atoms with Gasteiger partial charge in [0.1, 0.15) is 0 Å². The molecule has 0 aromatic carbocycles. The fraction of sp³-hybridized carbons (Fsp3) is 1.00. The molecule has 0 saturated carbocycles. The normalized spacial score (nSPS) is 39.1. The van der Waals surface area contributed by atoms with Gasteiger partial charge < -0.3 is 5.32 Å². The summed E-state index contributed by atoms with van der Waals surface area (Å²) in [6, 6.07) is 0. The van der Waals surface area contributed by atoms with Gasteiger partial charge in [0.25, 0.3) is 0 Å². The minimum absolute atomic E-state index is 0.140. The van der Waals surface area contributed by atoms with Gasteiger partial charge in [0, 0.05) is 5.54 Å². The summed E-state index contributed by atoms with van der Waals surface area (Å²) < 4.78 is 24.5. The zero-order valence-electron chi connectivity index (χ0n) is 10.3. The molecule has 2 aliphatic heterocycles. The minimum atomic E-state index is -2.87. The van der Waals surface area contributed by atoms with E-state index in [2.05, 4.69) is 19.2 Å². The molecule has 0 aromatic rings. The highest BCUT2D eigenvalue weighted by molar-refractivity contribution is 7.92. The van der Waals surface area contributed by atoms with E-state index in [1.807, 2.05) is 0 Å². The largest absolute Gasteiger partial charge is 0.310 e.